The minimum atomic E-state index is -0.358. The highest BCUT2D eigenvalue weighted by molar-refractivity contribution is 5.02. The Bertz CT molecular complexity index is 272. The van der Waals surface area contributed by atoms with Gasteiger partial charge in [-0.05, 0) is 19.9 Å². The molecule has 1 saturated heterocycles. The summed E-state index contributed by atoms with van der Waals surface area (Å²) in [5, 5.41) is 12.6. The first-order valence-electron chi connectivity index (χ1n) is 4.11. The summed E-state index contributed by atoms with van der Waals surface area (Å²) in [5.74, 6) is 0.595. The summed E-state index contributed by atoms with van der Waals surface area (Å²) in [6, 6.07) is -0.112. The Labute approximate surface area is 70.6 Å². The SMILES string of the molecule is Cc1coc(C2NCCC2O)n1. The van der Waals surface area contributed by atoms with Gasteiger partial charge >= 0.3 is 0 Å². The molecule has 1 fully saturated rings. The van der Waals surface area contributed by atoms with Crippen LogP contribution in [0.1, 0.15) is 24.0 Å². The van der Waals surface area contributed by atoms with Crippen LogP contribution in [0.3, 0.4) is 0 Å². The van der Waals surface area contributed by atoms with Crippen LogP contribution < -0.4 is 5.32 Å². The molecule has 0 radical (unpaired) electrons. The standard InChI is InChI=1S/C8H12N2O2/c1-5-4-12-8(10-5)7-6(11)2-3-9-7/h4,6-7,9,11H,2-3H2,1H3. The number of aliphatic hydroxyl groups is 1. The van der Waals surface area contributed by atoms with Crippen LogP contribution in [0.2, 0.25) is 0 Å². The lowest BCUT2D eigenvalue weighted by atomic mass is 10.2. The van der Waals surface area contributed by atoms with Gasteiger partial charge in [-0.25, -0.2) is 4.98 Å². The second kappa shape index (κ2) is 2.88. The van der Waals surface area contributed by atoms with Crippen molar-refractivity contribution in [2.75, 3.05) is 6.54 Å². The van der Waals surface area contributed by atoms with Gasteiger partial charge in [-0.2, -0.15) is 0 Å². The number of nitrogens with zero attached hydrogens (tertiary/aromatic N) is 1. The van der Waals surface area contributed by atoms with E-state index >= 15 is 0 Å². The third-order valence-corrected chi connectivity index (χ3v) is 2.09. The molecule has 1 aromatic heterocycles. The van der Waals surface area contributed by atoms with Crippen molar-refractivity contribution in [3.05, 3.63) is 17.8 Å². The van der Waals surface area contributed by atoms with Gasteiger partial charge in [-0.15, -0.1) is 0 Å². The van der Waals surface area contributed by atoms with Crippen LogP contribution in [0.5, 0.6) is 0 Å². The molecule has 0 bridgehead atoms. The maximum Gasteiger partial charge on any atom is 0.214 e. The molecule has 4 heteroatoms. The summed E-state index contributed by atoms with van der Waals surface area (Å²) < 4.78 is 5.18. The first-order chi connectivity index (χ1) is 5.77. The minimum Gasteiger partial charge on any atom is -0.447 e. The fourth-order valence-corrected chi connectivity index (χ4v) is 1.46. The molecular weight excluding hydrogens is 156 g/mol. The van der Waals surface area contributed by atoms with E-state index in [0.29, 0.717) is 5.89 Å². The predicted molar refractivity (Wildman–Crippen MR) is 42.6 cm³/mol. The first kappa shape index (κ1) is 7.76. The van der Waals surface area contributed by atoms with Crippen LogP contribution in [0.4, 0.5) is 0 Å². The molecule has 0 saturated carbocycles. The van der Waals surface area contributed by atoms with Crippen molar-refractivity contribution in [1.82, 2.24) is 10.3 Å². The summed E-state index contributed by atoms with van der Waals surface area (Å²) in [6.07, 6.45) is 2.01. The van der Waals surface area contributed by atoms with E-state index in [1.54, 1.807) is 6.26 Å². The fourth-order valence-electron chi connectivity index (χ4n) is 1.46. The second-order valence-corrected chi connectivity index (χ2v) is 3.11. The summed E-state index contributed by atoms with van der Waals surface area (Å²) >= 11 is 0. The molecule has 4 nitrogen and oxygen atoms in total. The van der Waals surface area contributed by atoms with Crippen molar-refractivity contribution in [1.29, 1.82) is 0 Å². The van der Waals surface area contributed by atoms with Gasteiger partial charge in [0.2, 0.25) is 5.89 Å². The average molecular weight is 168 g/mol. The number of hydrogen-bond acceptors (Lipinski definition) is 4. The Morgan fingerprint density at radius 2 is 2.58 bits per heavy atom. The highest BCUT2D eigenvalue weighted by atomic mass is 16.3. The zero-order chi connectivity index (χ0) is 8.55. The van der Waals surface area contributed by atoms with Crippen LogP contribution in [0.25, 0.3) is 0 Å². The highest BCUT2D eigenvalue weighted by Gasteiger charge is 2.29. The number of rotatable bonds is 1. The van der Waals surface area contributed by atoms with Crippen LogP contribution in [0, 0.1) is 6.92 Å². The van der Waals surface area contributed by atoms with Gasteiger partial charge in [0.15, 0.2) is 0 Å². The second-order valence-electron chi connectivity index (χ2n) is 3.11. The number of oxazole rings is 1. The lowest BCUT2D eigenvalue weighted by Crippen LogP contribution is -2.21. The molecule has 2 atom stereocenters. The Balaban J connectivity index is 2.19. The zero-order valence-electron chi connectivity index (χ0n) is 6.95. The molecule has 0 amide bonds. The number of aliphatic hydroxyl groups excluding tert-OH is 1. The Morgan fingerprint density at radius 1 is 1.75 bits per heavy atom. The fraction of sp³-hybridized carbons (Fsp3) is 0.625. The van der Waals surface area contributed by atoms with E-state index in [1.807, 2.05) is 6.92 Å². The van der Waals surface area contributed by atoms with Gasteiger partial charge in [0, 0.05) is 0 Å². The molecule has 2 N–H and O–H groups in total. The van der Waals surface area contributed by atoms with Gasteiger partial charge in [0.25, 0.3) is 0 Å². The normalized spacial score (nSPS) is 29.5. The zero-order valence-corrected chi connectivity index (χ0v) is 6.95. The number of aryl methyl sites for hydroxylation is 1. The third-order valence-electron chi connectivity index (χ3n) is 2.09. The monoisotopic (exact) mass is 168 g/mol. The van der Waals surface area contributed by atoms with Crippen LogP contribution in [0.15, 0.2) is 10.7 Å². The van der Waals surface area contributed by atoms with Crippen molar-refractivity contribution in [2.45, 2.75) is 25.5 Å². The maximum absolute atomic E-state index is 9.49. The Hall–Kier alpha value is -0.870. The van der Waals surface area contributed by atoms with Crippen molar-refractivity contribution in [3.8, 4) is 0 Å². The smallest absolute Gasteiger partial charge is 0.214 e. The Kier molecular flexibility index (Phi) is 1.86. The van der Waals surface area contributed by atoms with Gasteiger partial charge in [-0.3, -0.25) is 0 Å². The lowest BCUT2D eigenvalue weighted by Gasteiger charge is -2.09. The molecular formula is C8H12N2O2. The molecule has 0 aliphatic carbocycles. The van der Waals surface area contributed by atoms with Gasteiger partial charge in [-0.1, -0.05) is 0 Å². The average Bonchev–Trinajstić information content (AvgIpc) is 2.58. The van der Waals surface area contributed by atoms with E-state index in [9.17, 15) is 5.11 Å². The van der Waals surface area contributed by atoms with E-state index in [4.69, 9.17) is 4.42 Å². The Morgan fingerprint density at radius 3 is 3.08 bits per heavy atom. The molecule has 2 heterocycles. The van der Waals surface area contributed by atoms with Gasteiger partial charge in [0.05, 0.1) is 11.8 Å². The van der Waals surface area contributed by atoms with Crippen LogP contribution in [-0.2, 0) is 0 Å². The van der Waals surface area contributed by atoms with Crippen molar-refractivity contribution >= 4 is 0 Å². The number of nitrogens with one attached hydrogen (secondary N) is 1. The maximum atomic E-state index is 9.49. The molecule has 0 aromatic carbocycles. The van der Waals surface area contributed by atoms with E-state index in [2.05, 4.69) is 10.3 Å². The van der Waals surface area contributed by atoms with Crippen LogP contribution in [-0.4, -0.2) is 22.7 Å². The third kappa shape index (κ3) is 1.23. The first-order valence-corrected chi connectivity index (χ1v) is 4.11. The van der Waals surface area contributed by atoms with E-state index in [-0.39, 0.29) is 12.1 Å². The summed E-state index contributed by atoms with van der Waals surface area (Å²) in [5.41, 5.74) is 0.853. The summed E-state index contributed by atoms with van der Waals surface area (Å²) in [4.78, 5) is 4.15. The van der Waals surface area contributed by atoms with Gasteiger partial charge < -0.3 is 14.8 Å². The molecule has 0 spiro atoms. The minimum absolute atomic E-state index is 0.112. The molecule has 1 aliphatic rings. The van der Waals surface area contributed by atoms with E-state index < -0.39 is 0 Å². The summed E-state index contributed by atoms with van der Waals surface area (Å²) in [7, 11) is 0. The van der Waals surface area contributed by atoms with E-state index in [1.165, 1.54) is 0 Å². The number of aromatic nitrogens is 1. The van der Waals surface area contributed by atoms with Crippen LogP contribution >= 0.6 is 0 Å². The molecule has 2 rings (SSSR count). The molecule has 1 aromatic rings. The molecule has 66 valence electrons. The van der Waals surface area contributed by atoms with E-state index in [0.717, 1.165) is 18.7 Å². The largest absolute Gasteiger partial charge is 0.447 e. The topological polar surface area (TPSA) is 58.3 Å². The molecule has 12 heavy (non-hydrogen) atoms. The summed E-state index contributed by atoms with van der Waals surface area (Å²) in [6.45, 7) is 2.70. The highest BCUT2D eigenvalue weighted by Crippen LogP contribution is 2.22. The lowest BCUT2D eigenvalue weighted by molar-refractivity contribution is 0.147. The van der Waals surface area contributed by atoms with Crippen molar-refractivity contribution in [2.24, 2.45) is 0 Å². The van der Waals surface area contributed by atoms with Gasteiger partial charge in [0.1, 0.15) is 12.3 Å². The van der Waals surface area contributed by atoms with Crippen molar-refractivity contribution < 1.29 is 9.52 Å². The molecule has 2 unspecified atom stereocenters. The predicted octanol–water partition coefficient (Wildman–Crippen LogP) is 0.378. The number of hydrogen-bond donors (Lipinski definition) is 2. The quantitative estimate of drug-likeness (QED) is 0.636. The molecule has 1 aliphatic heterocycles. The van der Waals surface area contributed by atoms with Crippen molar-refractivity contribution in [3.63, 3.8) is 0 Å².